The van der Waals surface area contributed by atoms with E-state index in [0.29, 0.717) is 18.7 Å². The van der Waals surface area contributed by atoms with E-state index in [9.17, 15) is 31.1 Å². The second kappa shape index (κ2) is 8.91. The quantitative estimate of drug-likeness (QED) is 0.371. The van der Waals surface area contributed by atoms with Gasteiger partial charge >= 0.3 is 197 Å². The van der Waals surface area contributed by atoms with Crippen LogP contribution in [0.1, 0.15) is 36.3 Å². The van der Waals surface area contributed by atoms with E-state index < -0.39 is 48.2 Å². The van der Waals surface area contributed by atoms with Crippen molar-refractivity contribution in [3.05, 3.63) is 35.5 Å². The number of alkyl halides is 6. The van der Waals surface area contributed by atoms with Crippen molar-refractivity contribution in [2.45, 2.75) is 64.4 Å². The summed E-state index contributed by atoms with van der Waals surface area (Å²) in [5, 5.41) is 3.12. The van der Waals surface area contributed by atoms with Crippen molar-refractivity contribution >= 4 is 45.3 Å². The number of carbonyl (C=O) groups is 1. The Morgan fingerprint density at radius 1 is 1.05 bits per heavy atom. The van der Waals surface area contributed by atoms with Crippen LogP contribution in [-0.2, 0) is 11.0 Å². The first-order valence-electron chi connectivity index (χ1n) is 12.1. The number of anilines is 3. The van der Waals surface area contributed by atoms with Gasteiger partial charge in [0.2, 0.25) is 0 Å². The fourth-order valence-corrected chi connectivity index (χ4v) is 9.47. The Kier molecular flexibility index (Phi) is 6.35. The van der Waals surface area contributed by atoms with Crippen LogP contribution < -0.4 is 13.9 Å². The predicted molar refractivity (Wildman–Crippen MR) is 129 cm³/mol. The second-order valence-electron chi connectivity index (χ2n) is 11.0. The molecule has 5 rings (SSSR count). The summed E-state index contributed by atoms with van der Waals surface area (Å²) >= 11 is -3.24. The van der Waals surface area contributed by atoms with Gasteiger partial charge in [0, 0.05) is 0 Å². The van der Waals surface area contributed by atoms with Crippen molar-refractivity contribution in [2.75, 3.05) is 23.3 Å². The zero-order valence-electron chi connectivity index (χ0n) is 20.5. The van der Waals surface area contributed by atoms with E-state index in [-0.39, 0.29) is 28.2 Å². The molecule has 2 unspecified atom stereocenters. The molecule has 0 radical (unpaired) electrons. The van der Waals surface area contributed by atoms with Crippen molar-refractivity contribution in [1.29, 1.82) is 0 Å². The molecule has 2 saturated heterocycles. The fraction of sp³-hybridized carbons (Fsp3) is 0.542. The molecule has 1 N–H and O–H groups in total. The average Bonchev–Trinajstić information content (AvgIpc) is 3.44. The molecule has 37 heavy (non-hydrogen) atoms. The molecule has 1 aromatic carbocycles. The van der Waals surface area contributed by atoms with Gasteiger partial charge in [0.15, 0.2) is 0 Å². The number of amides is 1. The summed E-state index contributed by atoms with van der Waals surface area (Å²) < 4.78 is 79.5. The molecular weight excluding hydrogens is 607 g/mol. The normalized spacial score (nSPS) is 22.1. The number of carbonyl (C=O) groups excluding carboxylic acids is 1. The molecule has 0 spiro atoms. The first-order valence-corrected chi connectivity index (χ1v) is 22.1. The van der Waals surface area contributed by atoms with Crippen molar-refractivity contribution in [3.63, 3.8) is 0 Å². The van der Waals surface area contributed by atoms with Crippen LogP contribution in [0.15, 0.2) is 24.4 Å². The van der Waals surface area contributed by atoms with Crippen molar-refractivity contribution in [3.8, 4) is 0 Å². The van der Waals surface area contributed by atoms with Gasteiger partial charge in [-0.25, -0.2) is 0 Å². The third-order valence-electron chi connectivity index (χ3n) is 7.18. The molecule has 1 aromatic heterocycles. The number of nitrogens with one attached hydrogen (secondary N) is 1. The second-order valence-corrected chi connectivity index (χ2v) is 25.2. The summed E-state index contributed by atoms with van der Waals surface area (Å²) in [5.41, 5.74) is 1.77. The minimum atomic E-state index is -4.88. The molecule has 1 aliphatic carbocycles. The Morgan fingerprint density at radius 3 is 2.30 bits per heavy atom. The van der Waals surface area contributed by atoms with E-state index in [0.717, 1.165) is 35.2 Å². The van der Waals surface area contributed by atoms with Crippen LogP contribution in [0.25, 0.3) is 0 Å². The molecule has 2 atom stereocenters. The van der Waals surface area contributed by atoms with E-state index in [1.54, 1.807) is 0 Å². The van der Waals surface area contributed by atoms with Crippen molar-refractivity contribution in [2.24, 2.45) is 0 Å². The summed E-state index contributed by atoms with van der Waals surface area (Å²) in [6.07, 6.45) is -6.12. The van der Waals surface area contributed by atoms with Crippen LogP contribution in [-0.4, -0.2) is 70.5 Å². The third kappa shape index (κ3) is 5.22. The zero-order valence-corrected chi connectivity index (χ0v) is 23.4. The molecule has 3 aliphatic rings. The standard InChI is InChI=1S/C21H18F6N5O.3CH3.Sn/c22-20(23,24)12-7-28-19(29-8-12)30-17-4-3-13(6-16(17)11-1-2-11)31-9-15-5-14(31)10-32(15)18(33)21(25,26)27;;;;/h3-4,6-7,11,14-15H,1-2,5,9-10H2,(H,28,29,30);3*1H3;. The van der Waals surface area contributed by atoms with Gasteiger partial charge in [0.05, 0.1) is 0 Å². The average molecular weight is 634 g/mol. The molecule has 1 amide bonds. The van der Waals surface area contributed by atoms with Crippen LogP contribution in [0.3, 0.4) is 0 Å². The number of halogens is 6. The summed E-state index contributed by atoms with van der Waals surface area (Å²) in [5.74, 6) is -1.39. The molecule has 6 nitrogen and oxygen atoms in total. The number of nitrogens with zero attached hydrogens (tertiary/aromatic N) is 4. The summed E-state index contributed by atoms with van der Waals surface area (Å²) in [6.45, 7) is 0.357. The van der Waals surface area contributed by atoms with Crippen LogP contribution in [0.2, 0.25) is 14.8 Å². The zero-order chi connectivity index (χ0) is 26.9. The Bertz CT molecular complexity index is 1220. The van der Waals surface area contributed by atoms with Gasteiger partial charge in [-0.2, -0.15) is 13.2 Å². The predicted octanol–water partition coefficient (Wildman–Crippen LogP) is 5.01. The molecule has 3 fully saturated rings. The monoisotopic (exact) mass is 635 g/mol. The molecular formula is C24H27F6N5OSn. The molecule has 2 bridgehead atoms. The van der Waals surface area contributed by atoms with E-state index >= 15 is 0 Å². The number of fused-ring (bicyclic) bond motifs is 2. The fourth-order valence-electron chi connectivity index (χ4n) is 5.31. The Morgan fingerprint density at radius 2 is 1.76 bits per heavy atom. The summed E-state index contributed by atoms with van der Waals surface area (Å²) in [6, 6.07) is 4.99. The van der Waals surface area contributed by atoms with E-state index in [4.69, 9.17) is 0 Å². The van der Waals surface area contributed by atoms with Gasteiger partial charge < -0.3 is 0 Å². The molecule has 1 saturated carbocycles. The van der Waals surface area contributed by atoms with Gasteiger partial charge in [-0.3, -0.25) is 4.79 Å². The van der Waals surface area contributed by atoms with Gasteiger partial charge in [0.25, 0.3) is 0 Å². The van der Waals surface area contributed by atoms with Crippen LogP contribution in [0, 0.1) is 0 Å². The topological polar surface area (TPSA) is 61.4 Å². The van der Waals surface area contributed by atoms with E-state index in [2.05, 4.69) is 15.3 Å². The Hall–Kier alpha value is -2.25. The molecule has 3 heterocycles. The number of benzene rings is 1. The molecule has 200 valence electrons. The Labute approximate surface area is 214 Å². The number of aromatic nitrogens is 2. The summed E-state index contributed by atoms with van der Waals surface area (Å²) in [4.78, 5) is 28.6. The Balaban J connectivity index is 1.39. The van der Waals surface area contributed by atoms with E-state index in [1.165, 1.54) is 0 Å². The minimum absolute atomic E-state index is 0.0304. The van der Waals surface area contributed by atoms with Gasteiger partial charge in [-0.15, -0.1) is 0 Å². The summed E-state index contributed by atoms with van der Waals surface area (Å²) in [7, 11) is 0. The number of rotatable bonds is 5. The maximum atomic E-state index is 13.5. The first kappa shape index (κ1) is 26.4. The van der Waals surface area contributed by atoms with Crippen molar-refractivity contribution < 1.29 is 31.1 Å². The van der Waals surface area contributed by atoms with E-state index in [1.807, 2.05) is 37.9 Å². The van der Waals surface area contributed by atoms with Crippen LogP contribution >= 0.6 is 0 Å². The van der Waals surface area contributed by atoms with Gasteiger partial charge in [0.1, 0.15) is 0 Å². The number of hydrogen-bond acceptors (Lipinski definition) is 5. The van der Waals surface area contributed by atoms with Crippen molar-refractivity contribution in [1.82, 2.24) is 14.9 Å². The number of piperazine rings is 1. The first-order chi connectivity index (χ1) is 17.1. The molecule has 2 aromatic rings. The number of likely N-dealkylation sites (tertiary alicyclic amines) is 1. The maximum absolute atomic E-state index is 13.5. The third-order valence-corrected chi connectivity index (χ3v) is 12.3. The number of hydrogen-bond donors (Lipinski definition) is 1. The van der Waals surface area contributed by atoms with Crippen LogP contribution in [0.5, 0.6) is 0 Å². The van der Waals surface area contributed by atoms with Gasteiger partial charge in [-0.05, 0) is 0 Å². The molecule has 2 aliphatic heterocycles. The SMILES string of the molecule is [CH3][Sn]([CH3])([CH3])[c]1nc(Nc2ccc(N3CC4CC3CN4C(=O)C(F)(F)F)cc2C2CC2)ncc1C(F)(F)F. The molecule has 13 heteroatoms. The van der Waals surface area contributed by atoms with Crippen LogP contribution in [0.4, 0.5) is 43.7 Å². The van der Waals surface area contributed by atoms with Gasteiger partial charge in [-0.1, -0.05) is 0 Å².